The van der Waals surface area contributed by atoms with E-state index in [1.54, 1.807) is 43.3 Å². The Morgan fingerprint density at radius 1 is 0.977 bits per heavy atom. The fraction of sp³-hybridized carbons (Fsp3) is 0.118. The van der Waals surface area contributed by atoms with Crippen LogP contribution in [0.4, 0.5) is 0 Å². The average molecular weight is 625 g/mol. The largest absolute Gasteiger partial charge is 0.465 e. The summed E-state index contributed by atoms with van der Waals surface area (Å²) in [5.41, 5.74) is 2.73. The third-order valence-electron chi connectivity index (χ3n) is 7.05. The molecule has 0 amide bonds. The molecule has 0 saturated heterocycles. The molecule has 0 unspecified atom stereocenters. The van der Waals surface area contributed by atoms with Crippen molar-refractivity contribution in [3.63, 3.8) is 0 Å². The van der Waals surface area contributed by atoms with Crippen molar-refractivity contribution in [1.29, 1.82) is 0 Å². The lowest BCUT2D eigenvalue weighted by atomic mass is 9.93. The molecule has 44 heavy (non-hydrogen) atoms. The van der Waals surface area contributed by atoms with E-state index in [-0.39, 0.29) is 28.3 Å². The molecule has 1 aliphatic rings. The number of furan rings is 1. The van der Waals surface area contributed by atoms with E-state index in [2.05, 4.69) is 0 Å². The first-order valence-electron chi connectivity index (χ1n) is 13.7. The molecule has 0 aliphatic carbocycles. The molecule has 0 fully saturated rings. The van der Waals surface area contributed by atoms with E-state index in [9.17, 15) is 14.4 Å². The Morgan fingerprint density at radius 2 is 1.70 bits per heavy atom. The van der Waals surface area contributed by atoms with Crippen LogP contribution in [-0.4, -0.2) is 30.2 Å². The van der Waals surface area contributed by atoms with Crippen LogP contribution in [0, 0.1) is 0 Å². The highest BCUT2D eigenvalue weighted by Crippen LogP contribution is 2.35. The van der Waals surface area contributed by atoms with Crippen molar-refractivity contribution in [1.82, 2.24) is 4.57 Å². The molecule has 0 saturated carbocycles. The number of methoxy groups -OCH3 is 1. The summed E-state index contributed by atoms with van der Waals surface area (Å²) < 4.78 is 18.3. The quantitative estimate of drug-likeness (QED) is 0.218. The number of rotatable bonds is 7. The summed E-state index contributed by atoms with van der Waals surface area (Å²) in [5, 5.41) is 0.263. The van der Waals surface area contributed by atoms with E-state index < -0.39 is 18.0 Å². The van der Waals surface area contributed by atoms with Crippen molar-refractivity contribution in [2.75, 3.05) is 13.7 Å². The third-order valence-corrected chi connectivity index (χ3v) is 8.36. The number of carbonyl (C=O) groups excluding carboxylic acids is 2. The molecule has 1 atom stereocenters. The summed E-state index contributed by atoms with van der Waals surface area (Å²) in [6, 6.07) is 26.4. The molecule has 3 aromatic carbocycles. The normalized spacial score (nSPS) is 14.6. The Kier molecular flexibility index (Phi) is 8.15. The fourth-order valence-electron chi connectivity index (χ4n) is 5.05. The summed E-state index contributed by atoms with van der Waals surface area (Å²) in [5.74, 6) is -0.203. The fourth-order valence-corrected chi connectivity index (χ4v) is 6.23. The Bertz CT molecular complexity index is 2090. The zero-order valence-electron chi connectivity index (χ0n) is 23.7. The minimum absolute atomic E-state index is 0.173. The number of halogens is 1. The topological polar surface area (TPSA) is 100 Å². The van der Waals surface area contributed by atoms with E-state index >= 15 is 0 Å². The molecular formula is C34H25ClN2O6S. The minimum atomic E-state index is -0.762. The van der Waals surface area contributed by atoms with Gasteiger partial charge in [-0.15, -0.1) is 0 Å². The second-order valence-corrected chi connectivity index (χ2v) is 11.1. The number of aromatic nitrogens is 1. The molecule has 2 aromatic heterocycles. The van der Waals surface area contributed by atoms with Gasteiger partial charge >= 0.3 is 11.9 Å². The molecule has 5 aromatic rings. The highest BCUT2D eigenvalue weighted by atomic mass is 35.5. The first kappa shape index (κ1) is 29.1. The zero-order valence-corrected chi connectivity index (χ0v) is 25.2. The van der Waals surface area contributed by atoms with Crippen LogP contribution in [0.2, 0.25) is 5.02 Å². The number of fused-ring (bicyclic) bond motifs is 1. The molecule has 0 bridgehead atoms. The van der Waals surface area contributed by atoms with Gasteiger partial charge in [0.1, 0.15) is 11.5 Å². The van der Waals surface area contributed by atoms with Crippen LogP contribution in [0.15, 0.2) is 111 Å². The van der Waals surface area contributed by atoms with Gasteiger partial charge in [0.15, 0.2) is 4.80 Å². The molecule has 10 heteroatoms. The van der Waals surface area contributed by atoms with Gasteiger partial charge in [-0.05, 0) is 42.8 Å². The second kappa shape index (κ2) is 12.3. The number of ether oxygens (including phenoxy) is 2. The van der Waals surface area contributed by atoms with Crippen molar-refractivity contribution in [3.05, 3.63) is 144 Å². The van der Waals surface area contributed by atoms with E-state index in [1.807, 2.05) is 60.7 Å². The van der Waals surface area contributed by atoms with Crippen molar-refractivity contribution in [2.24, 2.45) is 4.99 Å². The Hall–Kier alpha value is -4.99. The smallest absolute Gasteiger partial charge is 0.339 e. The van der Waals surface area contributed by atoms with Gasteiger partial charge in [-0.1, -0.05) is 83.6 Å². The summed E-state index contributed by atoms with van der Waals surface area (Å²) in [6.45, 7) is 1.91. The summed E-state index contributed by atoms with van der Waals surface area (Å²) >= 11 is 7.38. The summed E-state index contributed by atoms with van der Waals surface area (Å²) in [6.07, 6.45) is 1.64. The van der Waals surface area contributed by atoms with Crippen LogP contribution < -0.4 is 14.9 Å². The predicted molar refractivity (Wildman–Crippen MR) is 168 cm³/mol. The highest BCUT2D eigenvalue weighted by Gasteiger charge is 2.35. The van der Waals surface area contributed by atoms with E-state index in [1.165, 1.54) is 23.0 Å². The van der Waals surface area contributed by atoms with E-state index in [0.29, 0.717) is 32.1 Å². The van der Waals surface area contributed by atoms with Crippen LogP contribution in [0.25, 0.3) is 23.1 Å². The number of thiazole rings is 1. The first-order chi connectivity index (χ1) is 21.4. The van der Waals surface area contributed by atoms with E-state index in [4.69, 9.17) is 30.5 Å². The molecule has 6 rings (SSSR count). The van der Waals surface area contributed by atoms with Gasteiger partial charge in [-0.3, -0.25) is 9.36 Å². The molecular weight excluding hydrogens is 600 g/mol. The van der Waals surface area contributed by atoms with Crippen LogP contribution in [0.5, 0.6) is 0 Å². The molecule has 3 heterocycles. The molecule has 0 spiro atoms. The maximum atomic E-state index is 14.0. The number of carbonyl (C=O) groups is 2. The van der Waals surface area contributed by atoms with Crippen molar-refractivity contribution < 1.29 is 23.5 Å². The molecule has 8 nitrogen and oxygen atoms in total. The Labute approximate surface area is 260 Å². The standard InChI is InChI=1S/C34H25ClN2O6S/c1-3-42-33(40)28-29(20-10-6-4-7-11-20)36-34-37(30(28)21-12-8-5-9-13-21)31(38)27(44-34)19-23-15-17-26(43-23)22-14-16-25(35)24(18-22)32(39)41-2/h4-19,30H,3H2,1-2H3/b27-19-/t30-/m1/s1. The van der Waals surface area contributed by atoms with Crippen molar-refractivity contribution >= 4 is 46.6 Å². The van der Waals surface area contributed by atoms with Crippen LogP contribution in [0.3, 0.4) is 0 Å². The van der Waals surface area contributed by atoms with Crippen molar-refractivity contribution in [2.45, 2.75) is 13.0 Å². The number of hydrogen-bond donors (Lipinski definition) is 0. The number of esters is 2. The maximum Gasteiger partial charge on any atom is 0.339 e. The molecule has 0 radical (unpaired) electrons. The zero-order chi connectivity index (χ0) is 30.8. The van der Waals surface area contributed by atoms with Gasteiger partial charge in [0.2, 0.25) is 0 Å². The highest BCUT2D eigenvalue weighted by molar-refractivity contribution is 7.07. The van der Waals surface area contributed by atoms with Gasteiger partial charge in [0, 0.05) is 17.2 Å². The maximum absolute atomic E-state index is 14.0. The second-order valence-electron chi connectivity index (χ2n) is 9.73. The number of hydrogen-bond acceptors (Lipinski definition) is 8. The average Bonchev–Trinajstić information content (AvgIpc) is 3.65. The van der Waals surface area contributed by atoms with Gasteiger partial charge in [-0.2, -0.15) is 0 Å². The molecule has 0 N–H and O–H groups in total. The molecule has 220 valence electrons. The third kappa shape index (κ3) is 5.43. The van der Waals surface area contributed by atoms with E-state index in [0.717, 1.165) is 11.1 Å². The lowest BCUT2D eigenvalue weighted by Crippen LogP contribution is -2.39. The summed E-state index contributed by atoms with van der Waals surface area (Å²) in [7, 11) is 1.28. The monoisotopic (exact) mass is 624 g/mol. The Balaban J connectivity index is 1.51. The lowest BCUT2D eigenvalue weighted by Gasteiger charge is -2.25. The number of benzene rings is 3. The van der Waals surface area contributed by atoms with Gasteiger partial charge in [-0.25, -0.2) is 14.6 Å². The predicted octanol–water partition coefficient (Wildman–Crippen LogP) is 5.64. The summed E-state index contributed by atoms with van der Waals surface area (Å²) in [4.78, 5) is 45.0. The minimum Gasteiger partial charge on any atom is -0.465 e. The molecule has 1 aliphatic heterocycles. The van der Waals surface area contributed by atoms with Crippen LogP contribution in [-0.2, 0) is 14.3 Å². The SMILES string of the molecule is CCOC(=O)C1=C(c2ccccc2)N=c2s/c(=C\c3ccc(-c4ccc(Cl)c(C(=O)OC)c4)o3)c(=O)n2[C@@H]1c1ccccc1. The first-order valence-corrected chi connectivity index (χ1v) is 14.9. The van der Waals surface area contributed by atoms with Gasteiger partial charge < -0.3 is 13.9 Å². The van der Waals surface area contributed by atoms with Crippen molar-refractivity contribution in [3.8, 4) is 11.3 Å². The van der Waals surface area contributed by atoms with Gasteiger partial charge in [0.25, 0.3) is 5.56 Å². The lowest BCUT2D eigenvalue weighted by molar-refractivity contribution is -0.138. The number of nitrogens with zero attached hydrogens (tertiary/aromatic N) is 2. The van der Waals surface area contributed by atoms with Crippen LogP contribution in [0.1, 0.15) is 40.2 Å². The van der Waals surface area contributed by atoms with Gasteiger partial charge in [0.05, 0.1) is 46.1 Å². The Morgan fingerprint density at radius 3 is 2.41 bits per heavy atom. The van der Waals surface area contributed by atoms with Crippen LogP contribution >= 0.6 is 22.9 Å².